The molecule has 0 saturated heterocycles. The van der Waals surface area contributed by atoms with Crippen molar-refractivity contribution >= 4 is 38.2 Å². The Morgan fingerprint density at radius 3 is 2.34 bits per heavy atom. The Morgan fingerprint density at radius 1 is 1.07 bits per heavy atom. The molecule has 0 radical (unpaired) electrons. The summed E-state index contributed by atoms with van der Waals surface area (Å²) >= 11 is 6.01. The van der Waals surface area contributed by atoms with E-state index in [-0.39, 0.29) is 26.7 Å². The fraction of sp³-hybridized carbons (Fsp3) is 0.150. The molecule has 29 heavy (non-hydrogen) atoms. The minimum Gasteiger partial charge on any atom is -0.491 e. The van der Waals surface area contributed by atoms with Gasteiger partial charge in [-0.2, -0.15) is 0 Å². The van der Waals surface area contributed by atoms with Crippen LogP contribution < -0.4 is 9.46 Å². The monoisotopic (exact) mass is 450 g/mol. The molecule has 0 aliphatic rings. The van der Waals surface area contributed by atoms with E-state index in [2.05, 4.69) is 9.71 Å². The number of halogens is 1. The van der Waals surface area contributed by atoms with Gasteiger partial charge in [-0.25, -0.2) is 17.6 Å². The van der Waals surface area contributed by atoms with Gasteiger partial charge in [0.25, 0.3) is 10.0 Å². The molecule has 2 aromatic carbocycles. The van der Waals surface area contributed by atoms with E-state index < -0.39 is 20.8 Å². The first-order chi connectivity index (χ1) is 13.8. The second kappa shape index (κ2) is 8.94. The minimum absolute atomic E-state index is 0.0237. The molecule has 0 aliphatic heterocycles. The molecule has 9 heteroatoms. The van der Waals surface area contributed by atoms with Crippen LogP contribution in [0.25, 0.3) is 0 Å². The van der Waals surface area contributed by atoms with Crippen LogP contribution in [-0.2, 0) is 20.8 Å². The van der Waals surface area contributed by atoms with Gasteiger partial charge < -0.3 is 4.74 Å². The summed E-state index contributed by atoms with van der Waals surface area (Å²) in [6.07, 6.45) is 1.27. The normalized spacial score (nSPS) is 12.6. The van der Waals surface area contributed by atoms with Gasteiger partial charge in [0.15, 0.2) is 5.82 Å². The zero-order valence-corrected chi connectivity index (χ0v) is 18.1. The van der Waals surface area contributed by atoms with E-state index in [4.69, 9.17) is 16.3 Å². The van der Waals surface area contributed by atoms with Crippen molar-refractivity contribution in [3.63, 3.8) is 0 Å². The molecule has 1 atom stereocenters. The number of nitrogens with zero attached hydrogens (tertiary/aromatic N) is 1. The van der Waals surface area contributed by atoms with Crippen LogP contribution in [-0.4, -0.2) is 23.7 Å². The van der Waals surface area contributed by atoms with Crippen molar-refractivity contribution in [2.24, 2.45) is 0 Å². The van der Waals surface area contributed by atoms with Crippen molar-refractivity contribution < 1.29 is 17.4 Å². The number of rotatable bonds is 7. The van der Waals surface area contributed by atoms with Crippen molar-refractivity contribution in [2.45, 2.75) is 34.6 Å². The lowest BCUT2D eigenvalue weighted by Gasteiger charge is -2.13. The molecule has 0 fully saturated rings. The zero-order valence-electron chi connectivity index (χ0n) is 15.7. The lowest BCUT2D eigenvalue weighted by molar-refractivity contribution is 0.242. The standard InChI is InChI=1S/C20H19ClN2O4S2/c1-14(2)27-16-8-10-18(11-9-16)29(25,26)23-20-19(12-15(21)13-22-20)28(24)17-6-4-3-5-7-17/h3-14H,1-2H3,(H,22,23). The average molecular weight is 451 g/mol. The van der Waals surface area contributed by atoms with Crippen LogP contribution in [0.4, 0.5) is 5.82 Å². The maximum atomic E-state index is 13.0. The van der Waals surface area contributed by atoms with E-state index in [1.807, 2.05) is 13.8 Å². The quantitative estimate of drug-likeness (QED) is 0.573. The second-order valence-corrected chi connectivity index (χ2v) is 9.89. The lowest BCUT2D eigenvalue weighted by Crippen LogP contribution is -2.16. The summed E-state index contributed by atoms with van der Waals surface area (Å²) < 4.78 is 46.5. The SMILES string of the molecule is CC(C)Oc1ccc(S(=O)(=O)Nc2ncc(Cl)cc2S(=O)c2ccccc2)cc1. The summed E-state index contributed by atoms with van der Waals surface area (Å²) in [4.78, 5) is 4.76. The third-order valence-corrected chi connectivity index (χ3v) is 6.69. The van der Waals surface area contributed by atoms with Gasteiger partial charge in [0.2, 0.25) is 0 Å². The zero-order chi connectivity index (χ0) is 21.0. The fourth-order valence-electron chi connectivity index (χ4n) is 2.47. The van der Waals surface area contributed by atoms with Crippen LogP contribution in [0.2, 0.25) is 5.02 Å². The summed E-state index contributed by atoms with van der Waals surface area (Å²) in [5.41, 5.74) is 0. The van der Waals surface area contributed by atoms with Gasteiger partial charge in [-0.15, -0.1) is 0 Å². The Labute approximate surface area is 177 Å². The summed E-state index contributed by atoms with van der Waals surface area (Å²) in [6.45, 7) is 3.76. The summed E-state index contributed by atoms with van der Waals surface area (Å²) in [7, 11) is -5.62. The van der Waals surface area contributed by atoms with Gasteiger partial charge in [-0.1, -0.05) is 29.8 Å². The number of ether oxygens (including phenoxy) is 1. The van der Waals surface area contributed by atoms with Crippen LogP contribution in [0.5, 0.6) is 5.75 Å². The molecule has 0 bridgehead atoms. The third-order valence-electron chi connectivity index (χ3n) is 3.71. The molecule has 1 heterocycles. The molecule has 1 N–H and O–H groups in total. The minimum atomic E-state index is -3.96. The predicted molar refractivity (Wildman–Crippen MR) is 113 cm³/mol. The van der Waals surface area contributed by atoms with Gasteiger partial charge in [0.1, 0.15) is 5.75 Å². The molecule has 1 unspecified atom stereocenters. The Morgan fingerprint density at radius 2 is 1.72 bits per heavy atom. The fourth-order valence-corrected chi connectivity index (χ4v) is 4.95. The number of pyridine rings is 1. The highest BCUT2D eigenvalue weighted by Gasteiger charge is 2.21. The number of benzene rings is 2. The van der Waals surface area contributed by atoms with Crippen LogP contribution in [0.1, 0.15) is 13.8 Å². The molecule has 3 aromatic rings. The van der Waals surface area contributed by atoms with Crippen LogP contribution >= 0.6 is 11.6 Å². The molecule has 3 rings (SSSR count). The number of anilines is 1. The van der Waals surface area contributed by atoms with Gasteiger partial charge in [0.05, 0.1) is 31.7 Å². The molecule has 0 spiro atoms. The Hall–Kier alpha value is -2.42. The lowest BCUT2D eigenvalue weighted by atomic mass is 10.3. The van der Waals surface area contributed by atoms with E-state index >= 15 is 0 Å². The van der Waals surface area contributed by atoms with E-state index in [1.165, 1.54) is 24.4 Å². The van der Waals surface area contributed by atoms with Gasteiger partial charge in [0, 0.05) is 11.1 Å². The average Bonchev–Trinajstić information content (AvgIpc) is 2.69. The molecular weight excluding hydrogens is 432 g/mol. The largest absolute Gasteiger partial charge is 0.491 e. The van der Waals surface area contributed by atoms with Crippen molar-refractivity contribution in [3.05, 3.63) is 71.9 Å². The maximum Gasteiger partial charge on any atom is 0.263 e. The van der Waals surface area contributed by atoms with Gasteiger partial charge in [-0.3, -0.25) is 4.72 Å². The predicted octanol–water partition coefficient (Wildman–Crippen LogP) is 4.49. The van der Waals surface area contributed by atoms with E-state index in [9.17, 15) is 12.6 Å². The summed E-state index contributed by atoms with van der Waals surface area (Å²) in [5, 5.41) is 0.252. The highest BCUT2D eigenvalue weighted by Crippen LogP contribution is 2.27. The van der Waals surface area contributed by atoms with Crippen molar-refractivity contribution in [1.29, 1.82) is 0 Å². The van der Waals surface area contributed by atoms with Gasteiger partial charge in [-0.05, 0) is 56.3 Å². The second-order valence-electron chi connectivity index (χ2n) is 6.33. The number of aromatic nitrogens is 1. The first-order valence-corrected chi connectivity index (χ1v) is 11.7. The molecular formula is C20H19ClN2O4S2. The Kier molecular flexibility index (Phi) is 6.56. The Bertz CT molecular complexity index is 1120. The topological polar surface area (TPSA) is 85.4 Å². The number of hydrogen-bond acceptors (Lipinski definition) is 5. The van der Waals surface area contributed by atoms with Crippen LogP contribution in [0.3, 0.4) is 0 Å². The van der Waals surface area contributed by atoms with Crippen molar-refractivity contribution in [1.82, 2.24) is 4.98 Å². The highest BCUT2D eigenvalue weighted by molar-refractivity contribution is 7.92. The van der Waals surface area contributed by atoms with E-state index in [0.717, 1.165) is 0 Å². The van der Waals surface area contributed by atoms with Crippen LogP contribution in [0, 0.1) is 0 Å². The molecule has 1 aromatic heterocycles. The molecule has 0 aliphatic carbocycles. The smallest absolute Gasteiger partial charge is 0.263 e. The molecule has 0 amide bonds. The first-order valence-electron chi connectivity index (χ1n) is 8.68. The highest BCUT2D eigenvalue weighted by atomic mass is 35.5. The van der Waals surface area contributed by atoms with E-state index in [0.29, 0.717) is 10.6 Å². The maximum absolute atomic E-state index is 13.0. The summed E-state index contributed by atoms with van der Waals surface area (Å²) in [5.74, 6) is 0.522. The van der Waals surface area contributed by atoms with Crippen LogP contribution in [0.15, 0.2) is 81.5 Å². The van der Waals surface area contributed by atoms with Crippen molar-refractivity contribution in [2.75, 3.05) is 4.72 Å². The van der Waals surface area contributed by atoms with Gasteiger partial charge >= 0.3 is 0 Å². The molecule has 0 saturated carbocycles. The number of hydrogen-bond donors (Lipinski definition) is 1. The Balaban J connectivity index is 1.92. The third kappa shape index (κ3) is 5.35. The van der Waals surface area contributed by atoms with Crippen molar-refractivity contribution in [3.8, 4) is 5.75 Å². The summed E-state index contributed by atoms with van der Waals surface area (Å²) in [6, 6.07) is 16.1. The number of sulfonamides is 1. The number of nitrogens with one attached hydrogen (secondary N) is 1. The molecule has 6 nitrogen and oxygen atoms in total. The van der Waals surface area contributed by atoms with E-state index in [1.54, 1.807) is 42.5 Å². The first kappa shape index (κ1) is 21.3. The molecule has 152 valence electrons.